The molecule has 2 N–H and O–H groups in total. The second-order valence-electron chi connectivity index (χ2n) is 10.1. The van der Waals surface area contributed by atoms with Crippen molar-refractivity contribution in [1.82, 2.24) is 19.9 Å². The maximum absolute atomic E-state index is 13.2. The number of nitrogens with zero attached hydrogens (tertiary/aromatic N) is 3. The first-order chi connectivity index (χ1) is 18.5. The molecule has 0 bridgehead atoms. The lowest BCUT2D eigenvalue weighted by molar-refractivity contribution is -0.135. The number of sulfone groups is 1. The van der Waals surface area contributed by atoms with Crippen molar-refractivity contribution >= 4 is 15.7 Å². The van der Waals surface area contributed by atoms with Crippen LogP contribution in [0.15, 0.2) is 12.3 Å². The van der Waals surface area contributed by atoms with E-state index in [1.165, 1.54) is 23.8 Å². The molecule has 0 spiro atoms. The van der Waals surface area contributed by atoms with Gasteiger partial charge in [-0.05, 0) is 57.1 Å². The van der Waals surface area contributed by atoms with Crippen LogP contribution in [0.25, 0.3) is 5.82 Å². The molecule has 1 fully saturated rings. The van der Waals surface area contributed by atoms with Gasteiger partial charge in [0.25, 0.3) is 5.91 Å². The smallest absolute Gasteiger partial charge is 0.389 e. The summed E-state index contributed by atoms with van der Waals surface area (Å²) in [6.45, 7) is -0.123. The van der Waals surface area contributed by atoms with Crippen LogP contribution < -0.4 is 10.1 Å². The molecule has 40 heavy (non-hydrogen) atoms. The number of aryl methyl sites for hydroxylation is 2. The maximum Gasteiger partial charge on any atom is 0.389 e. The Kier molecular flexibility index (Phi) is 9.81. The number of rotatable bonds is 11. The monoisotopic (exact) mass is 596 g/mol. The number of amides is 1. The van der Waals surface area contributed by atoms with E-state index in [2.05, 4.69) is 20.0 Å². The predicted octanol–water partition coefficient (Wildman–Crippen LogP) is 4.07. The summed E-state index contributed by atoms with van der Waals surface area (Å²) in [5.41, 5.74) is -0.804. The third kappa shape index (κ3) is 8.12. The second-order valence-corrected chi connectivity index (χ2v) is 12.4. The summed E-state index contributed by atoms with van der Waals surface area (Å²) in [6.07, 6.45) is -2.09. The summed E-state index contributed by atoms with van der Waals surface area (Å²) >= 11 is 0. The number of aromatic nitrogens is 3. The summed E-state index contributed by atoms with van der Waals surface area (Å²) < 4.78 is 93.6. The second kappa shape index (κ2) is 12.4. The molecule has 1 amide bonds. The first kappa shape index (κ1) is 31.7. The molecule has 0 aromatic carbocycles. The van der Waals surface area contributed by atoms with Gasteiger partial charge >= 0.3 is 12.8 Å². The number of ether oxygens (including phenoxy) is 1. The summed E-state index contributed by atoms with van der Waals surface area (Å²) in [5, 5.41) is 13.0. The van der Waals surface area contributed by atoms with Crippen LogP contribution in [0.4, 0.5) is 22.0 Å². The predicted molar refractivity (Wildman–Crippen MR) is 135 cm³/mol. The van der Waals surface area contributed by atoms with Crippen LogP contribution in [-0.4, -0.2) is 70.4 Å². The Morgan fingerprint density at radius 3 is 2.50 bits per heavy atom. The highest BCUT2D eigenvalue weighted by Crippen LogP contribution is 2.32. The molecule has 0 unspecified atom stereocenters. The van der Waals surface area contributed by atoms with Gasteiger partial charge in [0.2, 0.25) is 0 Å². The minimum atomic E-state index is -4.35. The fourth-order valence-electron chi connectivity index (χ4n) is 4.81. The fraction of sp³-hybridized carbons (Fsp3) is 0.640. The zero-order valence-corrected chi connectivity index (χ0v) is 23.2. The largest absolute Gasteiger partial charge is 0.431 e. The van der Waals surface area contributed by atoms with Gasteiger partial charge in [-0.25, -0.2) is 18.4 Å². The lowest BCUT2D eigenvalue weighted by Gasteiger charge is -2.35. The molecule has 1 saturated carbocycles. The molecule has 2 aromatic rings. The molecule has 0 saturated heterocycles. The van der Waals surface area contributed by atoms with Gasteiger partial charge < -0.3 is 15.2 Å². The van der Waals surface area contributed by atoms with Crippen LogP contribution in [0.3, 0.4) is 0 Å². The van der Waals surface area contributed by atoms with Crippen molar-refractivity contribution < 1.29 is 45.0 Å². The van der Waals surface area contributed by atoms with Gasteiger partial charge in [-0.15, -0.1) is 0 Å². The minimum absolute atomic E-state index is 0.0377. The first-order valence-electron chi connectivity index (χ1n) is 12.8. The van der Waals surface area contributed by atoms with E-state index in [0.717, 1.165) is 6.26 Å². The summed E-state index contributed by atoms with van der Waals surface area (Å²) in [7, 11) is -3.23. The highest BCUT2D eigenvalue weighted by molar-refractivity contribution is 7.91. The van der Waals surface area contributed by atoms with E-state index >= 15 is 0 Å². The molecule has 1 aliphatic rings. The number of carbonyl (C=O) groups is 1. The molecule has 224 valence electrons. The van der Waals surface area contributed by atoms with Crippen LogP contribution in [0.5, 0.6) is 5.75 Å². The van der Waals surface area contributed by atoms with Crippen molar-refractivity contribution in [2.75, 3.05) is 12.8 Å². The lowest BCUT2D eigenvalue weighted by Crippen LogP contribution is -2.47. The van der Waals surface area contributed by atoms with Gasteiger partial charge in [-0.2, -0.15) is 22.0 Å². The molecular weight excluding hydrogens is 563 g/mol. The van der Waals surface area contributed by atoms with E-state index < -0.39 is 45.8 Å². The number of halogens is 5. The van der Waals surface area contributed by atoms with Gasteiger partial charge in [-0.3, -0.25) is 9.36 Å². The van der Waals surface area contributed by atoms with E-state index in [4.69, 9.17) is 0 Å². The Hall–Kier alpha value is -2.81. The van der Waals surface area contributed by atoms with Crippen molar-refractivity contribution in [2.24, 2.45) is 0 Å². The minimum Gasteiger partial charge on any atom is -0.431 e. The number of pyridine rings is 1. The van der Waals surface area contributed by atoms with Crippen molar-refractivity contribution in [1.29, 1.82) is 0 Å². The molecule has 9 nitrogen and oxygen atoms in total. The zero-order chi connectivity index (χ0) is 29.9. The highest BCUT2D eigenvalue weighted by atomic mass is 32.2. The molecule has 3 rings (SSSR count). The summed E-state index contributed by atoms with van der Waals surface area (Å²) in [5.74, 6) is -0.812. The van der Waals surface area contributed by atoms with E-state index in [0.29, 0.717) is 5.82 Å². The van der Waals surface area contributed by atoms with Gasteiger partial charge in [0.1, 0.15) is 21.4 Å². The lowest BCUT2D eigenvalue weighted by atomic mass is 9.84. The van der Waals surface area contributed by atoms with Crippen LogP contribution in [0.1, 0.15) is 73.0 Å². The SMILES string of the molecule is CCc1nc(C(=O)NCC2(O)CCC(S(C)(=O)=O)CC2)c(C)n1-c1ncc(CCCC(F)(F)F)cc1OC(F)F. The molecule has 0 radical (unpaired) electrons. The van der Waals surface area contributed by atoms with Gasteiger partial charge in [0.05, 0.1) is 16.5 Å². The Morgan fingerprint density at radius 1 is 1.30 bits per heavy atom. The summed E-state index contributed by atoms with van der Waals surface area (Å²) in [6, 6.07) is 1.20. The van der Waals surface area contributed by atoms with Crippen LogP contribution >= 0.6 is 0 Å². The van der Waals surface area contributed by atoms with Gasteiger partial charge in [0, 0.05) is 31.8 Å². The topological polar surface area (TPSA) is 123 Å². The maximum atomic E-state index is 13.2. The molecule has 2 heterocycles. The van der Waals surface area contributed by atoms with E-state index in [-0.39, 0.29) is 80.0 Å². The fourth-order valence-corrected chi connectivity index (χ4v) is 5.91. The van der Waals surface area contributed by atoms with Crippen molar-refractivity contribution in [3.63, 3.8) is 0 Å². The summed E-state index contributed by atoms with van der Waals surface area (Å²) in [4.78, 5) is 21.6. The van der Waals surface area contributed by atoms with E-state index in [1.54, 1.807) is 6.92 Å². The molecule has 0 atom stereocenters. The molecule has 0 aliphatic heterocycles. The molecule has 1 aliphatic carbocycles. The third-order valence-electron chi connectivity index (χ3n) is 7.00. The van der Waals surface area contributed by atoms with Gasteiger partial charge in [0.15, 0.2) is 11.6 Å². The average molecular weight is 597 g/mol. The Bertz CT molecular complexity index is 1310. The number of hydrogen-bond acceptors (Lipinski definition) is 7. The number of imidazole rings is 1. The Balaban J connectivity index is 1.82. The van der Waals surface area contributed by atoms with Crippen molar-refractivity contribution in [3.8, 4) is 11.6 Å². The number of aliphatic hydroxyl groups is 1. The third-order valence-corrected chi connectivity index (χ3v) is 8.68. The normalized spacial score (nSPS) is 20.1. The number of carbonyl (C=O) groups excluding carboxylic acids is 1. The van der Waals surface area contributed by atoms with Crippen molar-refractivity contribution in [3.05, 3.63) is 35.0 Å². The van der Waals surface area contributed by atoms with E-state index in [9.17, 15) is 40.3 Å². The Morgan fingerprint density at radius 2 is 1.95 bits per heavy atom. The quantitative estimate of drug-likeness (QED) is 0.375. The van der Waals surface area contributed by atoms with Crippen LogP contribution in [-0.2, 0) is 22.7 Å². The molecule has 15 heteroatoms. The average Bonchev–Trinajstić information content (AvgIpc) is 3.17. The number of nitrogens with one attached hydrogen (secondary N) is 1. The number of alkyl halides is 5. The molecule has 2 aromatic heterocycles. The standard InChI is InChI=1S/C25H33F5N4O5S/c1-4-19-33-20(22(35)32-14-24(36)10-7-17(8-11-24)40(3,37)38)15(2)34(19)21-18(39-23(26)27)12-16(13-31-21)6-5-9-25(28,29)30/h12-13,17,23,36H,4-11,14H2,1-3H3,(H,32,35). The first-order valence-corrected chi connectivity index (χ1v) is 14.8. The van der Waals surface area contributed by atoms with E-state index in [1.807, 2.05) is 0 Å². The zero-order valence-electron chi connectivity index (χ0n) is 22.4. The Labute approximate surface area is 229 Å². The van der Waals surface area contributed by atoms with Crippen molar-refractivity contribution in [2.45, 2.75) is 88.9 Å². The van der Waals surface area contributed by atoms with Crippen LogP contribution in [0.2, 0.25) is 0 Å². The number of hydrogen-bond donors (Lipinski definition) is 2. The van der Waals surface area contributed by atoms with Crippen LogP contribution in [0, 0.1) is 6.92 Å². The highest BCUT2D eigenvalue weighted by Gasteiger charge is 2.37. The van der Waals surface area contributed by atoms with Gasteiger partial charge in [-0.1, -0.05) is 6.92 Å². The molecular formula is C25H33F5N4O5S.